The molecule has 4 rings (SSSR count). The van der Waals surface area contributed by atoms with Crippen LogP contribution in [0.3, 0.4) is 0 Å². The van der Waals surface area contributed by atoms with Crippen LogP contribution in [-0.4, -0.2) is 25.9 Å². The number of nitrogens with zero attached hydrogens (tertiary/aromatic N) is 3. The van der Waals surface area contributed by atoms with Gasteiger partial charge >= 0.3 is 0 Å². The molecule has 27 heavy (non-hydrogen) atoms. The number of hydrogen-bond donors (Lipinski definition) is 1. The van der Waals surface area contributed by atoms with Gasteiger partial charge in [-0.3, -0.25) is 14.2 Å². The number of aryl methyl sites for hydroxylation is 1. The summed E-state index contributed by atoms with van der Waals surface area (Å²) in [4.78, 5) is 29.8. The second kappa shape index (κ2) is 7.18. The molecular weight excluding hydrogens is 340 g/mol. The zero-order valence-electron chi connectivity index (χ0n) is 15.9. The van der Waals surface area contributed by atoms with Crippen LogP contribution >= 0.6 is 0 Å². The van der Waals surface area contributed by atoms with Gasteiger partial charge in [0.05, 0.1) is 5.52 Å². The van der Waals surface area contributed by atoms with Crippen molar-refractivity contribution in [2.24, 2.45) is 11.8 Å². The normalized spacial score (nSPS) is 23.0. The molecule has 0 bridgehead atoms. The summed E-state index contributed by atoms with van der Waals surface area (Å²) in [7, 11) is 0. The molecule has 3 aromatic rings. The second-order valence-electron chi connectivity index (χ2n) is 7.76. The summed E-state index contributed by atoms with van der Waals surface area (Å²) in [6.07, 6.45) is 7.26. The first kappa shape index (κ1) is 17.8. The molecule has 1 aliphatic carbocycles. The molecule has 0 aliphatic heterocycles. The van der Waals surface area contributed by atoms with Gasteiger partial charge in [0.2, 0.25) is 5.91 Å². The molecule has 0 aromatic carbocycles. The molecule has 1 saturated carbocycles. The van der Waals surface area contributed by atoms with Gasteiger partial charge in [0.1, 0.15) is 5.52 Å². The number of hydrogen-bond acceptors (Lipinski definition) is 3. The molecule has 3 atom stereocenters. The van der Waals surface area contributed by atoms with Crippen molar-refractivity contribution >= 4 is 22.6 Å². The molecule has 1 N–H and O–H groups in total. The van der Waals surface area contributed by atoms with Crippen molar-refractivity contribution in [3.63, 3.8) is 0 Å². The topological polar surface area (TPSA) is 68.4 Å². The van der Waals surface area contributed by atoms with E-state index in [1.165, 1.54) is 6.42 Å². The largest absolute Gasteiger partial charge is 0.353 e. The SMILES string of the molecule is CC1CCCC(NC(=O)CCn2c(=O)c3cccn3c3cccnc32)C1C. The molecule has 3 heterocycles. The number of pyridine rings is 1. The Balaban J connectivity index is 1.55. The van der Waals surface area contributed by atoms with Crippen LogP contribution < -0.4 is 10.9 Å². The van der Waals surface area contributed by atoms with Gasteiger partial charge in [0.15, 0.2) is 5.65 Å². The fourth-order valence-electron chi connectivity index (χ4n) is 4.27. The Kier molecular flexibility index (Phi) is 4.72. The van der Waals surface area contributed by atoms with E-state index in [4.69, 9.17) is 0 Å². The van der Waals surface area contributed by atoms with Crippen LogP contribution in [0.15, 0.2) is 41.5 Å². The van der Waals surface area contributed by atoms with E-state index in [1.807, 2.05) is 28.8 Å². The molecule has 1 amide bonds. The van der Waals surface area contributed by atoms with Gasteiger partial charge in [-0.05, 0) is 42.5 Å². The van der Waals surface area contributed by atoms with Gasteiger partial charge in [0.25, 0.3) is 5.56 Å². The number of aromatic nitrogens is 3. The van der Waals surface area contributed by atoms with E-state index in [0.29, 0.717) is 29.5 Å². The Bertz CT molecular complexity index is 1040. The summed E-state index contributed by atoms with van der Waals surface area (Å²) in [6, 6.07) is 7.69. The van der Waals surface area contributed by atoms with Crippen LogP contribution in [0.2, 0.25) is 0 Å². The van der Waals surface area contributed by atoms with Crippen molar-refractivity contribution in [2.75, 3.05) is 0 Å². The third-order valence-electron chi connectivity index (χ3n) is 6.11. The Hall–Kier alpha value is -2.63. The monoisotopic (exact) mass is 366 g/mol. The number of nitrogens with one attached hydrogen (secondary N) is 1. The van der Waals surface area contributed by atoms with Crippen molar-refractivity contribution in [1.29, 1.82) is 0 Å². The first-order valence-corrected chi connectivity index (χ1v) is 9.80. The highest BCUT2D eigenvalue weighted by Gasteiger charge is 2.28. The molecule has 6 nitrogen and oxygen atoms in total. The maximum absolute atomic E-state index is 12.9. The van der Waals surface area contributed by atoms with E-state index in [-0.39, 0.29) is 23.9 Å². The third kappa shape index (κ3) is 3.24. The standard InChI is InChI=1S/C21H26N4O2/c1-14-6-3-7-16(15(14)2)23-19(26)10-13-25-20-17(8-4-11-22-20)24-12-5-9-18(24)21(25)27/h4-5,8-9,11-12,14-16H,3,6-7,10,13H2,1-2H3,(H,23,26). The lowest BCUT2D eigenvalue weighted by atomic mass is 9.78. The minimum absolute atomic E-state index is 0.00665. The summed E-state index contributed by atoms with van der Waals surface area (Å²) in [5, 5.41) is 3.19. The summed E-state index contributed by atoms with van der Waals surface area (Å²) in [5.74, 6) is 1.13. The van der Waals surface area contributed by atoms with E-state index in [2.05, 4.69) is 24.1 Å². The number of fused-ring (bicyclic) bond motifs is 3. The van der Waals surface area contributed by atoms with Crippen LogP contribution in [-0.2, 0) is 11.3 Å². The lowest BCUT2D eigenvalue weighted by molar-refractivity contribution is -0.122. The number of amides is 1. The van der Waals surface area contributed by atoms with Crippen LogP contribution in [0.4, 0.5) is 0 Å². The van der Waals surface area contributed by atoms with Crippen molar-refractivity contribution in [2.45, 2.75) is 52.1 Å². The fourth-order valence-corrected chi connectivity index (χ4v) is 4.27. The maximum Gasteiger partial charge on any atom is 0.276 e. The molecule has 142 valence electrons. The predicted molar refractivity (Wildman–Crippen MR) is 106 cm³/mol. The lowest BCUT2D eigenvalue weighted by Gasteiger charge is -2.34. The minimum Gasteiger partial charge on any atom is -0.353 e. The van der Waals surface area contributed by atoms with E-state index in [9.17, 15) is 9.59 Å². The number of carbonyl (C=O) groups excluding carboxylic acids is 1. The Labute approximate surface area is 158 Å². The van der Waals surface area contributed by atoms with Crippen LogP contribution in [0.25, 0.3) is 16.7 Å². The molecule has 3 unspecified atom stereocenters. The lowest BCUT2D eigenvalue weighted by Crippen LogP contribution is -2.44. The highest BCUT2D eigenvalue weighted by Crippen LogP contribution is 2.29. The van der Waals surface area contributed by atoms with Crippen LogP contribution in [0.5, 0.6) is 0 Å². The van der Waals surface area contributed by atoms with E-state index < -0.39 is 0 Å². The average molecular weight is 366 g/mol. The van der Waals surface area contributed by atoms with Gasteiger partial charge in [0, 0.05) is 31.4 Å². The van der Waals surface area contributed by atoms with E-state index in [0.717, 1.165) is 18.4 Å². The van der Waals surface area contributed by atoms with Crippen LogP contribution in [0.1, 0.15) is 39.5 Å². The van der Waals surface area contributed by atoms with Gasteiger partial charge in [-0.15, -0.1) is 0 Å². The molecule has 1 fully saturated rings. The molecule has 3 aromatic heterocycles. The quantitative estimate of drug-likeness (QED) is 0.772. The number of rotatable bonds is 4. The Morgan fingerprint density at radius 2 is 2.04 bits per heavy atom. The van der Waals surface area contributed by atoms with Crippen molar-refractivity contribution in [3.8, 4) is 0 Å². The first-order valence-electron chi connectivity index (χ1n) is 9.80. The zero-order chi connectivity index (χ0) is 19.0. The Morgan fingerprint density at radius 3 is 2.89 bits per heavy atom. The van der Waals surface area contributed by atoms with Gasteiger partial charge in [-0.2, -0.15) is 0 Å². The van der Waals surface area contributed by atoms with Crippen LogP contribution in [0, 0.1) is 11.8 Å². The zero-order valence-corrected chi connectivity index (χ0v) is 15.9. The molecule has 0 radical (unpaired) electrons. The van der Waals surface area contributed by atoms with Gasteiger partial charge in [-0.25, -0.2) is 4.98 Å². The Morgan fingerprint density at radius 1 is 1.22 bits per heavy atom. The predicted octanol–water partition coefficient (Wildman–Crippen LogP) is 2.98. The molecule has 1 aliphatic rings. The summed E-state index contributed by atoms with van der Waals surface area (Å²) < 4.78 is 3.48. The smallest absolute Gasteiger partial charge is 0.276 e. The average Bonchev–Trinajstić information content (AvgIpc) is 3.16. The summed E-state index contributed by atoms with van der Waals surface area (Å²) >= 11 is 0. The third-order valence-corrected chi connectivity index (χ3v) is 6.11. The van der Waals surface area contributed by atoms with E-state index >= 15 is 0 Å². The van der Waals surface area contributed by atoms with Gasteiger partial charge in [-0.1, -0.05) is 26.7 Å². The molecule has 6 heteroatoms. The highest BCUT2D eigenvalue weighted by molar-refractivity contribution is 5.77. The summed E-state index contributed by atoms with van der Waals surface area (Å²) in [6.45, 7) is 4.81. The maximum atomic E-state index is 12.9. The molecular formula is C21H26N4O2. The number of carbonyl (C=O) groups is 1. The van der Waals surface area contributed by atoms with Crippen molar-refractivity contribution in [3.05, 3.63) is 47.0 Å². The van der Waals surface area contributed by atoms with Crippen molar-refractivity contribution in [1.82, 2.24) is 19.3 Å². The highest BCUT2D eigenvalue weighted by atomic mass is 16.2. The minimum atomic E-state index is -0.112. The molecule has 0 saturated heterocycles. The molecule has 0 spiro atoms. The fraction of sp³-hybridized carbons (Fsp3) is 0.476. The second-order valence-corrected chi connectivity index (χ2v) is 7.76. The van der Waals surface area contributed by atoms with Gasteiger partial charge < -0.3 is 9.72 Å². The first-order chi connectivity index (χ1) is 13.1. The summed E-state index contributed by atoms with van der Waals surface area (Å²) in [5.41, 5.74) is 1.97. The van der Waals surface area contributed by atoms with E-state index in [1.54, 1.807) is 16.8 Å². The van der Waals surface area contributed by atoms with Crippen molar-refractivity contribution < 1.29 is 4.79 Å².